The Morgan fingerprint density at radius 1 is 1.40 bits per heavy atom. The van der Waals surface area contributed by atoms with Gasteiger partial charge in [0.1, 0.15) is 0 Å². The number of carbonyl (C=O) groups excluding carboxylic acids is 2. The van der Waals surface area contributed by atoms with Gasteiger partial charge in [-0.2, -0.15) is 0 Å². The van der Waals surface area contributed by atoms with E-state index in [0.29, 0.717) is 13.2 Å². The summed E-state index contributed by atoms with van der Waals surface area (Å²) in [5, 5.41) is 11.8. The van der Waals surface area contributed by atoms with Crippen molar-refractivity contribution in [2.45, 2.75) is 25.9 Å². The number of hydrogen-bond donors (Lipinski definition) is 2. The molecule has 1 aromatic rings. The van der Waals surface area contributed by atoms with Gasteiger partial charge in [0.05, 0.1) is 19.1 Å². The SMILES string of the molecule is CCOC(=O)[C@H]1CNC(=O)CC1c1ccc(CO)cc1. The number of nitrogens with one attached hydrogen (secondary N) is 1. The molecule has 1 amide bonds. The third kappa shape index (κ3) is 3.17. The average molecular weight is 277 g/mol. The van der Waals surface area contributed by atoms with Crippen LogP contribution in [0, 0.1) is 5.92 Å². The number of rotatable bonds is 4. The lowest BCUT2D eigenvalue weighted by molar-refractivity contribution is -0.150. The summed E-state index contributed by atoms with van der Waals surface area (Å²) >= 11 is 0. The zero-order valence-electron chi connectivity index (χ0n) is 11.5. The van der Waals surface area contributed by atoms with E-state index in [9.17, 15) is 9.59 Å². The number of benzene rings is 1. The number of esters is 1. The molecule has 0 bridgehead atoms. The molecule has 5 nitrogen and oxygen atoms in total. The van der Waals surface area contributed by atoms with E-state index in [2.05, 4.69) is 5.32 Å². The molecular formula is C15H19NO4. The lowest BCUT2D eigenvalue weighted by Gasteiger charge is -2.30. The van der Waals surface area contributed by atoms with Crippen LogP contribution in [0.25, 0.3) is 0 Å². The highest BCUT2D eigenvalue weighted by Crippen LogP contribution is 2.31. The van der Waals surface area contributed by atoms with Gasteiger partial charge < -0.3 is 15.2 Å². The summed E-state index contributed by atoms with van der Waals surface area (Å²) in [4.78, 5) is 23.6. The van der Waals surface area contributed by atoms with Crippen LogP contribution < -0.4 is 5.32 Å². The molecule has 0 radical (unpaired) electrons. The normalized spacial score (nSPS) is 22.2. The molecule has 2 N–H and O–H groups in total. The molecule has 1 aliphatic heterocycles. The Balaban J connectivity index is 2.22. The first-order valence-corrected chi connectivity index (χ1v) is 6.78. The molecule has 1 unspecified atom stereocenters. The topological polar surface area (TPSA) is 75.6 Å². The van der Waals surface area contributed by atoms with Crippen molar-refractivity contribution in [3.63, 3.8) is 0 Å². The van der Waals surface area contributed by atoms with E-state index in [4.69, 9.17) is 9.84 Å². The first-order chi connectivity index (χ1) is 9.65. The van der Waals surface area contributed by atoms with Gasteiger partial charge in [0.25, 0.3) is 0 Å². The fourth-order valence-electron chi connectivity index (χ4n) is 2.50. The number of hydrogen-bond acceptors (Lipinski definition) is 4. The maximum absolute atomic E-state index is 12.0. The van der Waals surface area contributed by atoms with Crippen molar-refractivity contribution in [3.8, 4) is 0 Å². The van der Waals surface area contributed by atoms with E-state index >= 15 is 0 Å². The monoisotopic (exact) mass is 277 g/mol. The fraction of sp³-hybridized carbons (Fsp3) is 0.467. The van der Waals surface area contributed by atoms with Gasteiger partial charge in [-0.05, 0) is 18.1 Å². The number of aliphatic hydroxyl groups excluding tert-OH is 1. The highest BCUT2D eigenvalue weighted by molar-refractivity contribution is 5.83. The lowest BCUT2D eigenvalue weighted by Crippen LogP contribution is -2.43. The van der Waals surface area contributed by atoms with E-state index < -0.39 is 0 Å². The van der Waals surface area contributed by atoms with Crippen molar-refractivity contribution in [3.05, 3.63) is 35.4 Å². The van der Waals surface area contributed by atoms with E-state index in [1.165, 1.54) is 0 Å². The average Bonchev–Trinajstić information content (AvgIpc) is 2.47. The van der Waals surface area contributed by atoms with E-state index in [0.717, 1.165) is 11.1 Å². The van der Waals surface area contributed by atoms with Crippen molar-refractivity contribution in [2.75, 3.05) is 13.2 Å². The molecule has 0 aliphatic carbocycles. The van der Waals surface area contributed by atoms with Crippen molar-refractivity contribution in [1.29, 1.82) is 0 Å². The van der Waals surface area contributed by atoms with Crippen LogP contribution in [0.2, 0.25) is 0 Å². The number of carbonyl (C=O) groups is 2. The summed E-state index contributed by atoms with van der Waals surface area (Å²) in [6, 6.07) is 7.34. The molecule has 20 heavy (non-hydrogen) atoms. The predicted molar refractivity (Wildman–Crippen MR) is 72.9 cm³/mol. The third-order valence-electron chi connectivity index (χ3n) is 3.59. The Kier molecular flexibility index (Phi) is 4.74. The summed E-state index contributed by atoms with van der Waals surface area (Å²) < 4.78 is 5.08. The van der Waals surface area contributed by atoms with Crippen LogP contribution in [0.3, 0.4) is 0 Å². The summed E-state index contributed by atoms with van der Waals surface area (Å²) in [7, 11) is 0. The van der Waals surface area contributed by atoms with Gasteiger partial charge in [-0.3, -0.25) is 9.59 Å². The summed E-state index contributed by atoms with van der Waals surface area (Å²) in [6.45, 7) is 2.39. The highest BCUT2D eigenvalue weighted by Gasteiger charge is 2.36. The molecule has 1 saturated heterocycles. The number of amides is 1. The molecule has 5 heteroatoms. The fourth-order valence-corrected chi connectivity index (χ4v) is 2.50. The maximum Gasteiger partial charge on any atom is 0.311 e. The van der Waals surface area contributed by atoms with Crippen LogP contribution >= 0.6 is 0 Å². The van der Waals surface area contributed by atoms with E-state index in [1.807, 2.05) is 24.3 Å². The summed E-state index contributed by atoms with van der Waals surface area (Å²) in [6.07, 6.45) is 0.280. The molecule has 0 aromatic heterocycles. The largest absolute Gasteiger partial charge is 0.466 e. The second kappa shape index (κ2) is 6.52. The van der Waals surface area contributed by atoms with Gasteiger partial charge in [0.2, 0.25) is 5.91 Å². The molecular weight excluding hydrogens is 258 g/mol. The van der Waals surface area contributed by atoms with Crippen LogP contribution in [0.5, 0.6) is 0 Å². The third-order valence-corrected chi connectivity index (χ3v) is 3.59. The van der Waals surface area contributed by atoms with E-state index in [-0.39, 0.29) is 36.7 Å². The zero-order valence-corrected chi connectivity index (χ0v) is 11.5. The molecule has 2 rings (SSSR count). The minimum atomic E-state index is -0.354. The second-order valence-corrected chi connectivity index (χ2v) is 4.87. The maximum atomic E-state index is 12.0. The Morgan fingerprint density at radius 3 is 2.70 bits per heavy atom. The Bertz CT molecular complexity index is 483. The number of aliphatic hydroxyl groups is 1. The zero-order chi connectivity index (χ0) is 14.5. The summed E-state index contributed by atoms with van der Waals surface area (Å²) in [5.74, 6) is -0.853. The second-order valence-electron chi connectivity index (χ2n) is 4.87. The van der Waals surface area contributed by atoms with Crippen molar-refractivity contribution >= 4 is 11.9 Å². The van der Waals surface area contributed by atoms with Crippen LogP contribution in [0.4, 0.5) is 0 Å². The molecule has 1 aromatic carbocycles. The molecule has 1 aliphatic rings. The predicted octanol–water partition coefficient (Wildman–Crippen LogP) is 0.962. The van der Waals surface area contributed by atoms with Crippen molar-refractivity contribution in [2.24, 2.45) is 5.92 Å². The Morgan fingerprint density at radius 2 is 2.10 bits per heavy atom. The Hall–Kier alpha value is -1.88. The quantitative estimate of drug-likeness (QED) is 0.804. The molecule has 1 heterocycles. The smallest absolute Gasteiger partial charge is 0.311 e. The first kappa shape index (κ1) is 14.5. The first-order valence-electron chi connectivity index (χ1n) is 6.78. The molecule has 0 spiro atoms. The Labute approximate surface area is 117 Å². The minimum absolute atomic E-state index is 0.0211. The van der Waals surface area contributed by atoms with Gasteiger partial charge in [-0.1, -0.05) is 24.3 Å². The van der Waals surface area contributed by atoms with Gasteiger partial charge in [0, 0.05) is 18.9 Å². The van der Waals surface area contributed by atoms with Crippen molar-refractivity contribution in [1.82, 2.24) is 5.32 Å². The molecule has 1 fully saturated rings. The van der Waals surface area contributed by atoms with Crippen molar-refractivity contribution < 1.29 is 19.4 Å². The molecule has 108 valence electrons. The van der Waals surface area contributed by atoms with Crippen LogP contribution in [-0.4, -0.2) is 30.1 Å². The number of ether oxygens (including phenoxy) is 1. The summed E-state index contributed by atoms with van der Waals surface area (Å²) in [5.41, 5.74) is 1.73. The van der Waals surface area contributed by atoms with Crippen LogP contribution in [0.15, 0.2) is 24.3 Å². The minimum Gasteiger partial charge on any atom is -0.466 e. The van der Waals surface area contributed by atoms with Gasteiger partial charge in [-0.15, -0.1) is 0 Å². The van der Waals surface area contributed by atoms with Gasteiger partial charge in [0.15, 0.2) is 0 Å². The molecule has 2 atom stereocenters. The van der Waals surface area contributed by atoms with Gasteiger partial charge >= 0.3 is 5.97 Å². The van der Waals surface area contributed by atoms with E-state index in [1.54, 1.807) is 6.92 Å². The van der Waals surface area contributed by atoms with Gasteiger partial charge in [-0.25, -0.2) is 0 Å². The highest BCUT2D eigenvalue weighted by atomic mass is 16.5. The molecule has 0 saturated carbocycles. The van der Waals surface area contributed by atoms with Crippen LogP contribution in [0.1, 0.15) is 30.4 Å². The standard InChI is InChI=1S/C15H19NO4/c1-2-20-15(19)13-8-16-14(18)7-12(13)11-5-3-10(9-17)4-6-11/h3-6,12-13,17H,2,7-9H2,1H3,(H,16,18)/t12?,13-/m0/s1. The number of piperidine rings is 1. The van der Waals surface area contributed by atoms with Crippen LogP contribution in [-0.2, 0) is 20.9 Å². The lowest BCUT2D eigenvalue weighted by atomic mass is 9.80.